The van der Waals surface area contributed by atoms with E-state index in [-0.39, 0.29) is 5.91 Å². The third-order valence-corrected chi connectivity index (χ3v) is 4.49. The van der Waals surface area contributed by atoms with Gasteiger partial charge in [-0.25, -0.2) is 5.43 Å². The van der Waals surface area contributed by atoms with Crippen molar-refractivity contribution in [1.82, 2.24) is 15.4 Å². The van der Waals surface area contributed by atoms with Gasteiger partial charge in [0.2, 0.25) is 0 Å². The molecule has 3 rings (SSSR count). The third kappa shape index (κ3) is 4.37. The van der Waals surface area contributed by atoms with Crippen LogP contribution in [0.2, 0.25) is 0 Å². The number of H-pyrrole nitrogens is 2. The van der Waals surface area contributed by atoms with Crippen molar-refractivity contribution in [2.75, 3.05) is 13.7 Å². The van der Waals surface area contributed by atoms with Gasteiger partial charge in [-0.15, -0.1) is 0 Å². The number of carbonyl (C=O) groups is 1. The molecule has 7 nitrogen and oxygen atoms in total. The molecule has 0 radical (unpaired) electrons. The number of aromatic amines is 2. The van der Waals surface area contributed by atoms with Crippen LogP contribution in [0.15, 0.2) is 39.9 Å². The predicted molar refractivity (Wildman–Crippen MR) is 110 cm³/mol. The molecular weight excluding hydrogens is 432 g/mol. The molecule has 3 aromatic rings. The molecule has 0 aliphatic rings. The normalized spacial score (nSPS) is 11.1. The van der Waals surface area contributed by atoms with E-state index in [1.807, 2.05) is 13.0 Å². The first-order valence-electron chi connectivity index (χ1n) is 8.07. The third-order valence-electron chi connectivity index (χ3n) is 3.69. The van der Waals surface area contributed by atoms with Crippen LogP contribution in [0, 0.1) is 4.77 Å². The second kappa shape index (κ2) is 8.36. The summed E-state index contributed by atoms with van der Waals surface area (Å²) in [4.78, 5) is 18.3. The van der Waals surface area contributed by atoms with E-state index in [4.69, 9.17) is 21.7 Å². The summed E-state index contributed by atoms with van der Waals surface area (Å²) in [5, 5.41) is 4.02. The van der Waals surface area contributed by atoms with Crippen LogP contribution in [0.3, 0.4) is 0 Å². The first-order chi connectivity index (χ1) is 13.0. The van der Waals surface area contributed by atoms with E-state index < -0.39 is 0 Å². The van der Waals surface area contributed by atoms with Crippen molar-refractivity contribution < 1.29 is 14.3 Å². The van der Waals surface area contributed by atoms with Gasteiger partial charge < -0.3 is 19.4 Å². The molecule has 3 N–H and O–H groups in total. The second-order valence-corrected chi connectivity index (χ2v) is 6.77. The van der Waals surface area contributed by atoms with Crippen LogP contribution >= 0.6 is 28.1 Å². The Labute approximate surface area is 168 Å². The molecular formula is C18H17BrN4O3S. The number of amides is 1. The van der Waals surface area contributed by atoms with Gasteiger partial charge in [0.05, 0.1) is 35.4 Å². The van der Waals surface area contributed by atoms with Gasteiger partial charge in [0.15, 0.2) is 16.3 Å². The lowest BCUT2D eigenvalue weighted by Gasteiger charge is -2.11. The number of rotatable bonds is 6. The van der Waals surface area contributed by atoms with Crippen molar-refractivity contribution in [1.29, 1.82) is 0 Å². The molecule has 0 bridgehead atoms. The second-order valence-electron chi connectivity index (χ2n) is 5.51. The van der Waals surface area contributed by atoms with E-state index in [9.17, 15) is 4.79 Å². The Balaban J connectivity index is 1.75. The molecule has 140 valence electrons. The molecule has 0 atom stereocenters. The van der Waals surface area contributed by atoms with Crippen LogP contribution in [0.5, 0.6) is 11.5 Å². The lowest BCUT2D eigenvalue weighted by atomic mass is 10.2. The fourth-order valence-electron chi connectivity index (χ4n) is 2.53. The highest BCUT2D eigenvalue weighted by atomic mass is 79.9. The van der Waals surface area contributed by atoms with Gasteiger partial charge in [0.1, 0.15) is 0 Å². The van der Waals surface area contributed by atoms with Crippen LogP contribution in [0.4, 0.5) is 0 Å². The van der Waals surface area contributed by atoms with E-state index in [1.54, 1.807) is 31.4 Å². The molecule has 0 spiro atoms. The lowest BCUT2D eigenvalue weighted by Crippen LogP contribution is -2.17. The Bertz CT molecular complexity index is 1070. The van der Waals surface area contributed by atoms with E-state index in [0.29, 0.717) is 28.4 Å². The summed E-state index contributed by atoms with van der Waals surface area (Å²) in [7, 11) is 1.57. The van der Waals surface area contributed by atoms with Gasteiger partial charge in [0.25, 0.3) is 5.91 Å². The SMILES string of the molecule is CCOc1cc(/C=N\NC(=O)c2ccc3[nH]c(=S)[nH]c3c2)cc(Br)c1OC. The maximum Gasteiger partial charge on any atom is 0.271 e. The summed E-state index contributed by atoms with van der Waals surface area (Å²) in [6.07, 6.45) is 1.53. The molecule has 0 aliphatic carbocycles. The summed E-state index contributed by atoms with van der Waals surface area (Å²) in [6, 6.07) is 8.81. The van der Waals surface area contributed by atoms with Crippen molar-refractivity contribution in [3.8, 4) is 11.5 Å². The highest BCUT2D eigenvalue weighted by Gasteiger charge is 2.11. The van der Waals surface area contributed by atoms with Crippen molar-refractivity contribution in [3.63, 3.8) is 0 Å². The molecule has 0 unspecified atom stereocenters. The molecule has 9 heteroatoms. The largest absolute Gasteiger partial charge is 0.492 e. The first-order valence-corrected chi connectivity index (χ1v) is 9.27. The number of carbonyl (C=O) groups excluding carboxylic acids is 1. The van der Waals surface area contributed by atoms with Crippen molar-refractivity contribution in [2.45, 2.75) is 6.92 Å². The summed E-state index contributed by atoms with van der Waals surface area (Å²) in [5.41, 5.74) is 5.33. The quantitative estimate of drug-likeness (QED) is 0.300. The average Bonchev–Trinajstić information content (AvgIpc) is 3.01. The number of imidazole rings is 1. The molecule has 1 heterocycles. The Morgan fingerprint density at radius 1 is 1.30 bits per heavy atom. The maximum atomic E-state index is 12.3. The van der Waals surface area contributed by atoms with Crippen LogP contribution in [-0.4, -0.2) is 35.8 Å². The molecule has 1 aromatic heterocycles. The number of aromatic nitrogens is 2. The summed E-state index contributed by atoms with van der Waals surface area (Å²) in [6.45, 7) is 2.40. The van der Waals surface area contributed by atoms with Gasteiger partial charge >= 0.3 is 0 Å². The zero-order chi connectivity index (χ0) is 19.4. The number of fused-ring (bicyclic) bond motifs is 1. The van der Waals surface area contributed by atoms with Crippen molar-refractivity contribution in [3.05, 3.63) is 50.7 Å². The number of benzene rings is 2. The number of methoxy groups -OCH3 is 1. The zero-order valence-corrected chi connectivity index (χ0v) is 17.0. The summed E-state index contributed by atoms with van der Waals surface area (Å²) >= 11 is 8.49. The number of halogens is 1. The number of nitrogens with zero attached hydrogens (tertiary/aromatic N) is 1. The van der Waals surface area contributed by atoms with Crippen LogP contribution in [-0.2, 0) is 0 Å². The first kappa shape index (κ1) is 19.1. The van der Waals surface area contributed by atoms with Crippen LogP contribution in [0.1, 0.15) is 22.8 Å². The van der Waals surface area contributed by atoms with Crippen LogP contribution in [0.25, 0.3) is 11.0 Å². The number of nitrogens with one attached hydrogen (secondary N) is 3. The number of ether oxygens (including phenoxy) is 2. The van der Waals surface area contributed by atoms with Gasteiger partial charge in [-0.1, -0.05) is 0 Å². The highest BCUT2D eigenvalue weighted by Crippen LogP contribution is 2.36. The number of hydrogen-bond acceptors (Lipinski definition) is 5. The highest BCUT2D eigenvalue weighted by molar-refractivity contribution is 9.10. The minimum atomic E-state index is -0.328. The van der Waals surface area contributed by atoms with Gasteiger partial charge in [-0.3, -0.25) is 4.79 Å². The number of hydrazone groups is 1. The Kier molecular flexibility index (Phi) is 5.92. The summed E-state index contributed by atoms with van der Waals surface area (Å²) < 4.78 is 12.1. The molecule has 0 saturated carbocycles. The van der Waals surface area contributed by atoms with E-state index >= 15 is 0 Å². The summed E-state index contributed by atoms with van der Waals surface area (Å²) in [5.74, 6) is 0.872. The molecule has 2 aromatic carbocycles. The molecule has 27 heavy (non-hydrogen) atoms. The fraction of sp³-hybridized carbons (Fsp3) is 0.167. The van der Waals surface area contributed by atoms with Crippen LogP contribution < -0.4 is 14.9 Å². The molecule has 0 fully saturated rings. The molecule has 0 aliphatic heterocycles. The average molecular weight is 449 g/mol. The van der Waals surface area contributed by atoms with E-state index in [2.05, 4.69) is 36.4 Å². The monoisotopic (exact) mass is 448 g/mol. The van der Waals surface area contributed by atoms with Gasteiger partial charge in [-0.2, -0.15) is 5.10 Å². The molecule has 0 saturated heterocycles. The Morgan fingerprint density at radius 2 is 2.07 bits per heavy atom. The van der Waals surface area contributed by atoms with Crippen molar-refractivity contribution in [2.24, 2.45) is 5.10 Å². The topological polar surface area (TPSA) is 91.5 Å². The van der Waals surface area contributed by atoms with Gasteiger partial charge in [0, 0.05) is 5.56 Å². The minimum absolute atomic E-state index is 0.328. The maximum absolute atomic E-state index is 12.3. The Hall–Kier alpha value is -2.65. The van der Waals surface area contributed by atoms with Crippen molar-refractivity contribution >= 4 is 51.3 Å². The molecule has 1 amide bonds. The zero-order valence-electron chi connectivity index (χ0n) is 14.6. The smallest absolute Gasteiger partial charge is 0.271 e. The lowest BCUT2D eigenvalue weighted by molar-refractivity contribution is 0.0955. The van der Waals surface area contributed by atoms with E-state index in [1.165, 1.54) is 6.21 Å². The van der Waals surface area contributed by atoms with Gasteiger partial charge in [-0.05, 0) is 71.0 Å². The predicted octanol–water partition coefficient (Wildman–Crippen LogP) is 4.16. The number of hydrogen-bond donors (Lipinski definition) is 3. The standard InChI is InChI=1S/C18H17BrN4O3S/c1-3-26-15-7-10(6-12(19)16(15)25-2)9-20-23-17(24)11-4-5-13-14(8-11)22-18(27)21-13/h4-9H,3H2,1-2H3,(H,23,24)(H2,21,22,27)/b20-9-. The minimum Gasteiger partial charge on any atom is -0.492 e. The Morgan fingerprint density at radius 3 is 2.81 bits per heavy atom. The van der Waals surface area contributed by atoms with E-state index in [0.717, 1.165) is 21.1 Å². The fourth-order valence-corrected chi connectivity index (χ4v) is 3.37.